The Morgan fingerprint density at radius 2 is 1.67 bits per heavy atom. The number of aromatic nitrogens is 3. The molecule has 1 atom stereocenters. The van der Waals surface area contributed by atoms with E-state index in [0.29, 0.717) is 5.92 Å². The average molecular weight is 547 g/mol. The minimum Gasteiger partial charge on any atom is -0.473 e. The molecule has 2 aromatic heterocycles. The van der Waals surface area contributed by atoms with E-state index in [9.17, 15) is 4.79 Å². The predicted octanol–water partition coefficient (Wildman–Crippen LogP) is 4.80. The fraction of sp³-hybridized carbons (Fsp3) is 0.276. The second kappa shape index (κ2) is 13.1. The first kappa shape index (κ1) is 27.8. The maximum absolute atomic E-state index is 12.9. The number of thioether (sulfide) groups is 1. The van der Waals surface area contributed by atoms with Gasteiger partial charge in [0.2, 0.25) is 0 Å². The second-order valence-corrected chi connectivity index (χ2v) is 10.3. The van der Waals surface area contributed by atoms with Crippen LogP contribution in [0.5, 0.6) is 0 Å². The number of carboxylic acid groups (broad SMARTS) is 2. The molecule has 5 rings (SSSR count). The zero-order chi connectivity index (χ0) is 27.8. The fourth-order valence-corrected chi connectivity index (χ4v) is 5.36. The summed E-state index contributed by atoms with van der Waals surface area (Å²) in [5.41, 5.74) is 4.99. The Morgan fingerprint density at radius 1 is 0.949 bits per heavy atom. The molecule has 1 aliphatic rings. The summed E-state index contributed by atoms with van der Waals surface area (Å²) in [6.07, 6.45) is 4.13. The van der Waals surface area contributed by atoms with Crippen LogP contribution in [-0.2, 0) is 21.9 Å². The van der Waals surface area contributed by atoms with E-state index < -0.39 is 11.9 Å². The van der Waals surface area contributed by atoms with Crippen LogP contribution in [0.3, 0.4) is 0 Å². The maximum Gasteiger partial charge on any atom is 0.414 e. The van der Waals surface area contributed by atoms with Gasteiger partial charge in [0.1, 0.15) is 5.52 Å². The van der Waals surface area contributed by atoms with Crippen LogP contribution in [0.2, 0.25) is 0 Å². The van der Waals surface area contributed by atoms with Gasteiger partial charge in [0.25, 0.3) is 5.91 Å². The Kier molecular flexibility index (Phi) is 9.32. The number of nitrogens with zero attached hydrogens (tertiary/aromatic N) is 4. The molecule has 0 aliphatic carbocycles. The van der Waals surface area contributed by atoms with E-state index >= 15 is 0 Å². The van der Waals surface area contributed by atoms with E-state index in [1.165, 1.54) is 17.5 Å². The summed E-state index contributed by atoms with van der Waals surface area (Å²) in [5, 5.41) is 15.7. The highest BCUT2D eigenvalue weighted by molar-refractivity contribution is 7.98. The number of carbonyl (C=O) groups is 3. The number of rotatable bonds is 6. The van der Waals surface area contributed by atoms with E-state index in [-0.39, 0.29) is 5.91 Å². The number of likely N-dealkylation sites (tertiary alicyclic amines) is 1. The van der Waals surface area contributed by atoms with Crippen molar-refractivity contribution in [3.63, 3.8) is 0 Å². The summed E-state index contributed by atoms with van der Waals surface area (Å²) in [6, 6.07) is 22.4. The van der Waals surface area contributed by atoms with Gasteiger partial charge in [-0.25, -0.2) is 19.6 Å². The molecule has 2 N–H and O–H groups in total. The fourth-order valence-electron chi connectivity index (χ4n) is 4.40. The number of aliphatic carboxylic acids is 2. The Balaban J connectivity index is 0.000000531. The molecule has 1 fully saturated rings. The minimum absolute atomic E-state index is 0.150. The van der Waals surface area contributed by atoms with Crippen molar-refractivity contribution < 1.29 is 24.6 Å². The SMILES string of the molecule is CC1CCCN(C(=O)c2ccc(CSc3nc4cccnc4n3Cc3ccccc3)cc2)C1.O=C(O)C(=O)O. The van der Waals surface area contributed by atoms with Gasteiger partial charge >= 0.3 is 11.9 Å². The smallest absolute Gasteiger partial charge is 0.414 e. The number of carbonyl (C=O) groups excluding carboxylic acids is 1. The molecule has 1 saturated heterocycles. The second-order valence-electron chi connectivity index (χ2n) is 9.41. The summed E-state index contributed by atoms with van der Waals surface area (Å²) < 4.78 is 2.19. The lowest BCUT2D eigenvalue weighted by atomic mass is 9.99. The van der Waals surface area contributed by atoms with E-state index in [4.69, 9.17) is 24.8 Å². The van der Waals surface area contributed by atoms with Crippen molar-refractivity contribution in [3.05, 3.63) is 89.6 Å². The topological polar surface area (TPSA) is 126 Å². The molecule has 202 valence electrons. The molecule has 9 nitrogen and oxygen atoms in total. The molecule has 3 heterocycles. The maximum atomic E-state index is 12.9. The van der Waals surface area contributed by atoms with Crippen molar-refractivity contribution in [2.75, 3.05) is 13.1 Å². The van der Waals surface area contributed by atoms with Crippen LogP contribution in [0.1, 0.15) is 41.3 Å². The lowest BCUT2D eigenvalue weighted by Gasteiger charge is -2.31. The highest BCUT2D eigenvalue weighted by Crippen LogP contribution is 2.27. The minimum atomic E-state index is -1.82. The molecule has 0 bridgehead atoms. The van der Waals surface area contributed by atoms with Gasteiger partial charge in [0.05, 0.1) is 6.54 Å². The summed E-state index contributed by atoms with van der Waals surface area (Å²) in [5.74, 6) is -2.13. The molecular formula is C29H30N4O5S. The van der Waals surface area contributed by atoms with Gasteiger partial charge in [0.15, 0.2) is 10.8 Å². The quantitative estimate of drug-likeness (QED) is 0.261. The number of hydrogen-bond acceptors (Lipinski definition) is 6. The van der Waals surface area contributed by atoms with E-state index in [1.54, 1.807) is 11.8 Å². The lowest BCUT2D eigenvalue weighted by Crippen LogP contribution is -2.39. The number of piperidine rings is 1. The molecule has 0 radical (unpaired) electrons. The molecule has 0 saturated carbocycles. The summed E-state index contributed by atoms with van der Waals surface area (Å²) in [4.78, 5) is 42.5. The van der Waals surface area contributed by atoms with E-state index in [1.807, 2.05) is 41.4 Å². The van der Waals surface area contributed by atoms with Crippen LogP contribution < -0.4 is 0 Å². The Hall–Kier alpha value is -4.18. The molecular weight excluding hydrogens is 516 g/mol. The zero-order valence-corrected chi connectivity index (χ0v) is 22.4. The first-order valence-electron chi connectivity index (χ1n) is 12.6. The molecule has 4 aromatic rings. The van der Waals surface area contributed by atoms with Crippen LogP contribution in [0.4, 0.5) is 0 Å². The highest BCUT2D eigenvalue weighted by Gasteiger charge is 2.22. The first-order valence-corrected chi connectivity index (χ1v) is 13.6. The average Bonchev–Trinajstić information content (AvgIpc) is 3.29. The van der Waals surface area contributed by atoms with Gasteiger partial charge in [-0.3, -0.25) is 9.36 Å². The number of hydrogen-bond donors (Lipinski definition) is 2. The molecule has 10 heteroatoms. The number of benzene rings is 2. The standard InChI is InChI=1S/C27H28N4OS.C2H2O4/c1-20-7-6-16-30(17-20)26(32)23-13-11-22(12-14-23)19-33-27-29-24-10-5-15-28-25(24)31(27)18-21-8-3-2-4-9-21;3-1(4)2(5)6/h2-5,8-15,20H,6-7,16-19H2,1H3;(H,3,4)(H,5,6). The third kappa shape index (κ3) is 7.44. The van der Waals surface area contributed by atoms with Gasteiger partial charge in [0, 0.05) is 30.6 Å². The number of fused-ring (bicyclic) bond motifs is 1. The third-order valence-electron chi connectivity index (χ3n) is 6.35. The monoisotopic (exact) mass is 546 g/mol. The largest absolute Gasteiger partial charge is 0.473 e. The van der Waals surface area contributed by atoms with Gasteiger partial charge in [-0.15, -0.1) is 0 Å². The number of pyridine rings is 1. The molecule has 0 spiro atoms. The highest BCUT2D eigenvalue weighted by atomic mass is 32.2. The molecule has 1 amide bonds. The van der Waals surface area contributed by atoms with Crippen molar-refractivity contribution in [3.8, 4) is 0 Å². The van der Waals surface area contributed by atoms with Crippen LogP contribution in [-0.4, -0.2) is 60.6 Å². The van der Waals surface area contributed by atoms with Crippen molar-refractivity contribution in [1.29, 1.82) is 0 Å². The van der Waals surface area contributed by atoms with Crippen molar-refractivity contribution in [1.82, 2.24) is 19.4 Å². The molecule has 39 heavy (non-hydrogen) atoms. The predicted molar refractivity (Wildman–Crippen MR) is 149 cm³/mol. The van der Waals surface area contributed by atoms with Crippen molar-refractivity contribution in [2.24, 2.45) is 5.92 Å². The third-order valence-corrected chi connectivity index (χ3v) is 7.40. The Bertz CT molecular complexity index is 1430. The summed E-state index contributed by atoms with van der Waals surface area (Å²) >= 11 is 1.70. The molecule has 1 aliphatic heterocycles. The normalized spacial score (nSPS) is 14.9. The number of imidazole rings is 1. The van der Waals surface area contributed by atoms with Gasteiger partial charge < -0.3 is 15.1 Å². The van der Waals surface area contributed by atoms with E-state index in [2.05, 4.69) is 52.9 Å². The van der Waals surface area contributed by atoms with Crippen molar-refractivity contribution >= 4 is 40.8 Å². The summed E-state index contributed by atoms with van der Waals surface area (Å²) in [6.45, 7) is 4.69. The summed E-state index contributed by atoms with van der Waals surface area (Å²) in [7, 11) is 0. The van der Waals surface area contributed by atoms with Gasteiger partial charge in [-0.05, 0) is 54.2 Å². The van der Waals surface area contributed by atoms with E-state index in [0.717, 1.165) is 53.7 Å². The van der Waals surface area contributed by atoms with Crippen molar-refractivity contribution in [2.45, 2.75) is 37.2 Å². The number of amides is 1. The first-order chi connectivity index (χ1) is 18.8. The zero-order valence-electron chi connectivity index (χ0n) is 21.6. The van der Waals surface area contributed by atoms with Crippen LogP contribution in [0.15, 0.2) is 78.1 Å². The lowest BCUT2D eigenvalue weighted by molar-refractivity contribution is -0.159. The van der Waals surface area contributed by atoms with Crippen LogP contribution in [0.25, 0.3) is 11.2 Å². The Labute approximate surface area is 230 Å². The van der Waals surface area contributed by atoms with Gasteiger partial charge in [-0.1, -0.05) is 61.2 Å². The van der Waals surface area contributed by atoms with Crippen LogP contribution >= 0.6 is 11.8 Å². The Morgan fingerprint density at radius 3 is 2.33 bits per heavy atom. The number of carboxylic acids is 2. The van der Waals surface area contributed by atoms with Crippen LogP contribution in [0, 0.1) is 5.92 Å². The van der Waals surface area contributed by atoms with Gasteiger partial charge in [-0.2, -0.15) is 0 Å². The molecule has 1 unspecified atom stereocenters. The molecule has 2 aromatic carbocycles.